The Morgan fingerprint density at radius 1 is 1.06 bits per heavy atom. The number of amidine groups is 1. The maximum Gasteiger partial charge on any atom is 0.273 e. The Hall–Kier alpha value is -3.63. The summed E-state index contributed by atoms with van der Waals surface area (Å²) in [6.45, 7) is 0. The Morgan fingerprint density at radius 3 is 2.44 bits per heavy atom. The number of thiophene rings is 1. The SMILES string of the molecule is CN(c1ccc(N=C([O-])Nc2ccccc2)cc1)S(=O)(=O)c1ccc(-c2ccnn2C)s1. The predicted octanol–water partition coefficient (Wildman–Crippen LogP) is 3.43. The van der Waals surface area contributed by atoms with Gasteiger partial charge in [-0.25, -0.2) is 13.4 Å². The molecule has 1 N–H and O–H groups in total. The van der Waals surface area contributed by atoms with E-state index in [0.717, 1.165) is 10.6 Å². The standard InChI is InChI=1S/C22H21N5O3S2/c1-26-19(14-15-23-26)20-12-13-21(31-20)32(29,30)27(2)18-10-8-17(9-11-18)25-22(28)24-16-6-4-3-5-7-16/h3-15H,1-2H3,(H2,24,25,28)/p-1. The van der Waals surface area contributed by atoms with Gasteiger partial charge in [0.15, 0.2) is 0 Å². The fourth-order valence-electron chi connectivity index (χ4n) is 3.01. The number of benzene rings is 2. The van der Waals surface area contributed by atoms with Crippen molar-refractivity contribution in [3.63, 3.8) is 0 Å². The summed E-state index contributed by atoms with van der Waals surface area (Å²) in [5, 5.41) is 18.9. The average Bonchev–Trinajstić information content (AvgIpc) is 3.43. The molecule has 0 saturated carbocycles. The van der Waals surface area contributed by atoms with E-state index in [1.807, 2.05) is 31.3 Å². The molecule has 10 heteroatoms. The molecule has 0 aliphatic carbocycles. The van der Waals surface area contributed by atoms with Crippen molar-refractivity contribution < 1.29 is 13.5 Å². The monoisotopic (exact) mass is 466 g/mol. The molecule has 0 spiro atoms. The second kappa shape index (κ2) is 8.85. The number of aliphatic imine (C=N–C) groups is 1. The molecule has 0 saturated heterocycles. The van der Waals surface area contributed by atoms with Crippen LogP contribution in [0.2, 0.25) is 0 Å². The topological polar surface area (TPSA) is 103 Å². The predicted molar refractivity (Wildman–Crippen MR) is 126 cm³/mol. The van der Waals surface area contributed by atoms with E-state index in [9.17, 15) is 13.5 Å². The molecule has 8 nitrogen and oxygen atoms in total. The fourth-order valence-corrected chi connectivity index (χ4v) is 5.74. The summed E-state index contributed by atoms with van der Waals surface area (Å²) in [4.78, 5) is 4.81. The highest BCUT2D eigenvalue weighted by Crippen LogP contribution is 2.33. The van der Waals surface area contributed by atoms with Gasteiger partial charge in [0, 0.05) is 26.0 Å². The number of nitrogens with one attached hydrogen (secondary N) is 1. The Balaban J connectivity index is 1.51. The summed E-state index contributed by atoms with van der Waals surface area (Å²) in [6, 6.07) is 20.1. The van der Waals surface area contributed by atoms with Gasteiger partial charge in [-0.1, -0.05) is 18.2 Å². The Kier molecular flexibility index (Phi) is 5.97. The zero-order valence-electron chi connectivity index (χ0n) is 17.3. The number of nitrogens with zero attached hydrogens (tertiary/aromatic N) is 4. The van der Waals surface area contributed by atoms with Gasteiger partial charge in [0.1, 0.15) is 4.21 Å². The van der Waals surface area contributed by atoms with Crippen LogP contribution in [0, 0.1) is 0 Å². The van der Waals surface area contributed by atoms with E-state index in [1.54, 1.807) is 59.4 Å². The number of aromatic nitrogens is 2. The number of sulfonamides is 1. The van der Waals surface area contributed by atoms with E-state index in [4.69, 9.17) is 0 Å². The zero-order valence-corrected chi connectivity index (χ0v) is 19.0. The van der Waals surface area contributed by atoms with Crippen molar-refractivity contribution in [2.24, 2.45) is 12.0 Å². The van der Waals surface area contributed by atoms with E-state index in [2.05, 4.69) is 15.4 Å². The van der Waals surface area contributed by atoms with E-state index in [-0.39, 0.29) is 4.21 Å². The number of anilines is 2. The molecule has 4 rings (SSSR count). The molecule has 0 aliphatic heterocycles. The van der Waals surface area contributed by atoms with Crippen molar-refractivity contribution in [3.05, 3.63) is 79.0 Å². The highest BCUT2D eigenvalue weighted by atomic mass is 32.2. The lowest BCUT2D eigenvalue weighted by Crippen LogP contribution is -2.26. The van der Waals surface area contributed by atoms with Gasteiger partial charge in [-0.2, -0.15) is 5.10 Å². The highest BCUT2D eigenvalue weighted by Gasteiger charge is 2.24. The molecule has 164 valence electrons. The van der Waals surface area contributed by atoms with Gasteiger partial charge in [-0.3, -0.25) is 8.99 Å². The Morgan fingerprint density at radius 2 is 1.78 bits per heavy atom. The molecule has 32 heavy (non-hydrogen) atoms. The van der Waals surface area contributed by atoms with Gasteiger partial charge in [0.05, 0.1) is 28.0 Å². The van der Waals surface area contributed by atoms with Crippen molar-refractivity contribution in [1.29, 1.82) is 0 Å². The molecule has 2 aromatic carbocycles. The summed E-state index contributed by atoms with van der Waals surface area (Å²) in [6.07, 6.45) is 1.67. The lowest BCUT2D eigenvalue weighted by Gasteiger charge is -2.19. The van der Waals surface area contributed by atoms with Crippen molar-refractivity contribution in [2.75, 3.05) is 16.7 Å². The minimum absolute atomic E-state index is 0.229. The summed E-state index contributed by atoms with van der Waals surface area (Å²) in [7, 11) is -0.439. The number of hydrogen-bond acceptors (Lipinski definition) is 6. The first-order chi connectivity index (χ1) is 15.3. The van der Waals surface area contributed by atoms with Crippen molar-refractivity contribution in [2.45, 2.75) is 4.21 Å². The maximum atomic E-state index is 13.1. The van der Waals surface area contributed by atoms with Crippen molar-refractivity contribution >= 4 is 44.4 Å². The third-order valence-corrected chi connectivity index (χ3v) is 8.10. The third-order valence-electron chi connectivity index (χ3n) is 4.74. The van der Waals surface area contributed by atoms with Crippen molar-refractivity contribution in [3.8, 4) is 10.6 Å². The van der Waals surface area contributed by atoms with Crippen LogP contribution in [-0.4, -0.2) is 31.3 Å². The Labute approximate surface area is 190 Å². The molecule has 0 radical (unpaired) electrons. The second-order valence-corrected chi connectivity index (χ2v) is 10.1. The molecule has 0 fully saturated rings. The van der Waals surface area contributed by atoms with Crippen LogP contribution in [0.1, 0.15) is 0 Å². The van der Waals surface area contributed by atoms with Crippen LogP contribution in [-0.2, 0) is 17.1 Å². The molecule has 0 amide bonds. The Bertz CT molecular complexity index is 1340. The van der Waals surface area contributed by atoms with E-state index in [1.165, 1.54) is 22.7 Å². The first kappa shape index (κ1) is 21.6. The maximum absolute atomic E-state index is 13.1. The minimum Gasteiger partial charge on any atom is -0.846 e. The zero-order chi connectivity index (χ0) is 22.7. The average molecular weight is 467 g/mol. The van der Waals surface area contributed by atoms with Crippen LogP contribution < -0.4 is 14.7 Å². The number of aryl methyl sites for hydroxylation is 1. The summed E-state index contributed by atoms with van der Waals surface area (Å²) < 4.78 is 29.3. The van der Waals surface area contributed by atoms with E-state index >= 15 is 0 Å². The van der Waals surface area contributed by atoms with Crippen LogP contribution in [0.3, 0.4) is 0 Å². The van der Waals surface area contributed by atoms with Gasteiger partial charge in [0.25, 0.3) is 10.0 Å². The number of hydrogen-bond donors (Lipinski definition) is 1. The normalized spacial score (nSPS) is 12.0. The van der Waals surface area contributed by atoms with Gasteiger partial charge < -0.3 is 10.4 Å². The van der Waals surface area contributed by atoms with Crippen molar-refractivity contribution in [1.82, 2.24) is 9.78 Å². The molecular weight excluding hydrogens is 446 g/mol. The van der Waals surface area contributed by atoms with Crippen LogP contribution in [0.15, 0.2) is 88.2 Å². The minimum atomic E-state index is -3.74. The van der Waals surface area contributed by atoms with Gasteiger partial charge in [-0.05, 0) is 54.6 Å². The summed E-state index contributed by atoms with van der Waals surface area (Å²) in [5.41, 5.74) is 2.37. The molecule has 0 atom stereocenters. The highest BCUT2D eigenvalue weighted by molar-refractivity contribution is 7.94. The first-order valence-electron chi connectivity index (χ1n) is 9.59. The molecule has 4 aromatic rings. The summed E-state index contributed by atoms with van der Waals surface area (Å²) in [5.74, 6) is 0. The lowest BCUT2D eigenvalue weighted by atomic mass is 10.3. The molecular formula is C22H20N5O3S2-. The second-order valence-electron chi connectivity index (χ2n) is 6.86. The number of rotatable bonds is 6. The smallest absolute Gasteiger partial charge is 0.273 e. The first-order valence-corrected chi connectivity index (χ1v) is 11.9. The number of para-hydroxylation sites is 1. The third kappa shape index (κ3) is 4.51. The van der Waals surface area contributed by atoms with E-state index in [0.29, 0.717) is 17.1 Å². The summed E-state index contributed by atoms with van der Waals surface area (Å²) >= 11 is 1.19. The van der Waals surface area contributed by atoms with Crippen LogP contribution in [0.25, 0.3) is 10.6 Å². The van der Waals surface area contributed by atoms with Crippen LogP contribution >= 0.6 is 11.3 Å². The molecule has 2 heterocycles. The van der Waals surface area contributed by atoms with Crippen LogP contribution in [0.5, 0.6) is 0 Å². The van der Waals surface area contributed by atoms with Crippen LogP contribution in [0.4, 0.5) is 17.1 Å². The lowest BCUT2D eigenvalue weighted by molar-refractivity contribution is -0.214. The molecule has 0 unspecified atom stereocenters. The molecule has 0 aliphatic rings. The van der Waals surface area contributed by atoms with Gasteiger partial charge >= 0.3 is 0 Å². The molecule has 0 bridgehead atoms. The molecule has 2 aromatic heterocycles. The largest absolute Gasteiger partial charge is 0.846 e. The fraction of sp³-hybridized carbons (Fsp3) is 0.0909. The van der Waals surface area contributed by atoms with Gasteiger partial charge in [-0.15, -0.1) is 11.3 Å². The van der Waals surface area contributed by atoms with E-state index < -0.39 is 16.0 Å². The quantitative estimate of drug-likeness (QED) is 0.346. The van der Waals surface area contributed by atoms with Gasteiger partial charge in [0.2, 0.25) is 0 Å².